The van der Waals surface area contributed by atoms with Crippen LogP contribution in [-0.2, 0) is 0 Å². The number of thioether (sulfide) groups is 1. The van der Waals surface area contributed by atoms with Gasteiger partial charge in [-0.05, 0) is 53.7 Å². The molecule has 0 saturated heterocycles. The Hall–Kier alpha value is -0.290. The van der Waals surface area contributed by atoms with Crippen LogP contribution >= 0.6 is 39.0 Å². The molecule has 1 unspecified atom stereocenters. The van der Waals surface area contributed by atoms with E-state index in [1.807, 2.05) is 23.1 Å². The van der Waals surface area contributed by atoms with Crippen LogP contribution in [-0.4, -0.2) is 12.3 Å². The Labute approximate surface area is 131 Å². The number of hydrogen-bond acceptors (Lipinski definition) is 3. The smallest absolute Gasteiger partial charge is 0.0510 e. The lowest BCUT2D eigenvalue weighted by atomic mass is 10.2. The normalized spacial score (nSPS) is 12.6. The molecule has 0 radical (unpaired) electrons. The minimum Gasteiger partial charge on any atom is -0.309 e. The molecule has 0 aliphatic rings. The van der Waals surface area contributed by atoms with Crippen molar-refractivity contribution in [2.24, 2.45) is 0 Å². The van der Waals surface area contributed by atoms with E-state index in [2.05, 4.69) is 71.5 Å². The highest BCUT2D eigenvalue weighted by Crippen LogP contribution is 2.32. The van der Waals surface area contributed by atoms with Crippen molar-refractivity contribution in [2.45, 2.75) is 24.8 Å². The molecule has 0 bridgehead atoms. The maximum atomic E-state index is 3.61. The van der Waals surface area contributed by atoms with Crippen LogP contribution < -0.4 is 5.32 Å². The Morgan fingerprint density at radius 2 is 2.05 bits per heavy atom. The minimum atomic E-state index is 0.431. The molecule has 2 rings (SSSR count). The Balaban J connectivity index is 2.03. The first-order valence-electron chi connectivity index (χ1n) is 6.37. The van der Waals surface area contributed by atoms with E-state index in [-0.39, 0.29) is 0 Å². The van der Waals surface area contributed by atoms with Gasteiger partial charge in [0.1, 0.15) is 0 Å². The maximum Gasteiger partial charge on any atom is 0.0510 e. The lowest BCUT2D eigenvalue weighted by Crippen LogP contribution is -2.22. The molecule has 1 atom stereocenters. The van der Waals surface area contributed by atoms with Crippen LogP contribution in [0, 0.1) is 6.92 Å². The van der Waals surface area contributed by atoms with Gasteiger partial charge in [0.2, 0.25) is 0 Å². The van der Waals surface area contributed by atoms with Gasteiger partial charge >= 0.3 is 0 Å². The molecule has 1 aromatic carbocycles. The first kappa shape index (κ1) is 15.1. The molecular weight excluding hydrogens is 338 g/mol. The van der Waals surface area contributed by atoms with Crippen LogP contribution in [0.5, 0.6) is 0 Å². The molecule has 0 fully saturated rings. The fraction of sp³-hybridized carbons (Fsp3) is 0.333. The third-order valence-corrected chi connectivity index (χ3v) is 6.03. The predicted molar refractivity (Wildman–Crippen MR) is 90.3 cm³/mol. The average molecular weight is 356 g/mol. The van der Waals surface area contributed by atoms with Crippen LogP contribution in [0.4, 0.5) is 0 Å². The van der Waals surface area contributed by atoms with Gasteiger partial charge < -0.3 is 5.32 Å². The van der Waals surface area contributed by atoms with E-state index >= 15 is 0 Å². The quantitative estimate of drug-likeness (QED) is 0.709. The van der Waals surface area contributed by atoms with Crippen molar-refractivity contribution in [1.29, 1.82) is 0 Å². The summed E-state index contributed by atoms with van der Waals surface area (Å²) in [5, 5.41) is 3.58. The van der Waals surface area contributed by atoms with Crippen molar-refractivity contribution in [3.63, 3.8) is 0 Å². The van der Waals surface area contributed by atoms with Gasteiger partial charge in [0.05, 0.1) is 6.04 Å². The highest BCUT2D eigenvalue weighted by molar-refractivity contribution is 9.10. The largest absolute Gasteiger partial charge is 0.309 e. The van der Waals surface area contributed by atoms with Crippen molar-refractivity contribution in [3.8, 4) is 0 Å². The zero-order valence-electron chi connectivity index (χ0n) is 11.2. The molecule has 102 valence electrons. The van der Waals surface area contributed by atoms with Crippen LogP contribution in [0.25, 0.3) is 0 Å². The topological polar surface area (TPSA) is 12.0 Å². The summed E-state index contributed by atoms with van der Waals surface area (Å²) in [6.45, 7) is 5.33. The first-order chi connectivity index (χ1) is 9.20. The standard InChI is InChI=1S/C15H18BrNS2/c1-3-17-13(15-9-8-11(2)19-15)10-18-14-7-5-4-6-12(14)16/h4-9,13,17H,3,10H2,1-2H3. The Morgan fingerprint density at radius 1 is 1.26 bits per heavy atom. The first-order valence-corrected chi connectivity index (χ1v) is 8.97. The fourth-order valence-electron chi connectivity index (χ4n) is 1.86. The molecule has 2 aromatic rings. The lowest BCUT2D eigenvalue weighted by molar-refractivity contribution is 0.615. The van der Waals surface area contributed by atoms with Gasteiger partial charge in [-0.2, -0.15) is 0 Å². The third kappa shape index (κ3) is 4.35. The molecule has 0 amide bonds. The maximum absolute atomic E-state index is 3.61. The van der Waals surface area contributed by atoms with E-state index < -0.39 is 0 Å². The van der Waals surface area contributed by atoms with Crippen molar-refractivity contribution >= 4 is 39.0 Å². The van der Waals surface area contributed by atoms with E-state index in [1.54, 1.807) is 0 Å². The summed E-state index contributed by atoms with van der Waals surface area (Å²) in [4.78, 5) is 4.11. The zero-order chi connectivity index (χ0) is 13.7. The van der Waals surface area contributed by atoms with Crippen LogP contribution in [0.3, 0.4) is 0 Å². The van der Waals surface area contributed by atoms with Gasteiger partial charge in [0.15, 0.2) is 0 Å². The summed E-state index contributed by atoms with van der Waals surface area (Å²) in [6, 6.07) is 13.3. The van der Waals surface area contributed by atoms with Crippen LogP contribution in [0.1, 0.15) is 22.7 Å². The predicted octanol–water partition coefficient (Wildman–Crippen LogP) is 5.26. The Bertz CT molecular complexity index is 524. The van der Waals surface area contributed by atoms with Crippen molar-refractivity contribution in [3.05, 3.63) is 50.6 Å². The molecule has 19 heavy (non-hydrogen) atoms. The van der Waals surface area contributed by atoms with Gasteiger partial charge in [-0.1, -0.05) is 19.1 Å². The number of nitrogens with one attached hydrogen (secondary N) is 1. The summed E-state index contributed by atoms with van der Waals surface area (Å²) in [5.74, 6) is 1.05. The Kier molecular flexibility index (Phi) is 5.95. The van der Waals surface area contributed by atoms with Crippen LogP contribution in [0.2, 0.25) is 0 Å². The monoisotopic (exact) mass is 355 g/mol. The van der Waals surface area contributed by atoms with Gasteiger partial charge in [-0.3, -0.25) is 0 Å². The molecule has 1 heterocycles. The average Bonchev–Trinajstić information content (AvgIpc) is 2.83. The number of halogens is 1. The second-order valence-electron chi connectivity index (χ2n) is 4.30. The number of thiophene rings is 1. The summed E-state index contributed by atoms with van der Waals surface area (Å²) >= 11 is 7.39. The minimum absolute atomic E-state index is 0.431. The molecule has 0 aliphatic carbocycles. The number of hydrogen-bond donors (Lipinski definition) is 1. The van der Waals surface area contributed by atoms with Gasteiger partial charge in [0, 0.05) is 24.9 Å². The summed E-state index contributed by atoms with van der Waals surface area (Å²) in [5.41, 5.74) is 0. The molecule has 1 N–H and O–H groups in total. The van der Waals surface area contributed by atoms with E-state index in [1.165, 1.54) is 19.1 Å². The summed E-state index contributed by atoms with van der Waals surface area (Å²) < 4.78 is 1.18. The highest BCUT2D eigenvalue weighted by Gasteiger charge is 2.13. The van der Waals surface area contributed by atoms with E-state index in [4.69, 9.17) is 0 Å². The second kappa shape index (κ2) is 7.48. The van der Waals surface area contributed by atoms with Gasteiger partial charge in [-0.25, -0.2) is 0 Å². The summed E-state index contributed by atoms with van der Waals surface area (Å²) in [7, 11) is 0. The molecule has 0 spiro atoms. The fourth-order valence-corrected chi connectivity index (χ4v) is 4.57. The van der Waals surface area contributed by atoms with Crippen LogP contribution in [0.15, 0.2) is 45.8 Å². The lowest BCUT2D eigenvalue weighted by Gasteiger charge is -2.16. The number of aryl methyl sites for hydroxylation is 1. The molecule has 0 saturated carbocycles. The molecule has 1 nitrogen and oxygen atoms in total. The molecule has 1 aromatic heterocycles. The SMILES string of the molecule is CCNC(CSc1ccccc1Br)c1ccc(C)s1. The summed E-state index contributed by atoms with van der Waals surface area (Å²) in [6.07, 6.45) is 0. The zero-order valence-corrected chi connectivity index (χ0v) is 14.4. The van der Waals surface area contributed by atoms with E-state index in [9.17, 15) is 0 Å². The number of rotatable bonds is 6. The van der Waals surface area contributed by atoms with Crippen molar-refractivity contribution < 1.29 is 0 Å². The molecular formula is C15H18BrNS2. The second-order valence-corrected chi connectivity index (χ2v) is 7.54. The molecule has 0 aliphatic heterocycles. The van der Waals surface area contributed by atoms with Crippen molar-refractivity contribution in [2.75, 3.05) is 12.3 Å². The van der Waals surface area contributed by atoms with E-state index in [0.29, 0.717) is 6.04 Å². The van der Waals surface area contributed by atoms with Gasteiger partial charge in [0.25, 0.3) is 0 Å². The Morgan fingerprint density at radius 3 is 2.68 bits per heavy atom. The van der Waals surface area contributed by atoms with Gasteiger partial charge in [-0.15, -0.1) is 23.1 Å². The number of benzene rings is 1. The third-order valence-electron chi connectivity index (χ3n) is 2.80. The molecule has 4 heteroatoms. The highest BCUT2D eigenvalue weighted by atomic mass is 79.9. The van der Waals surface area contributed by atoms with E-state index in [0.717, 1.165) is 12.3 Å². The van der Waals surface area contributed by atoms with Crippen molar-refractivity contribution in [1.82, 2.24) is 5.32 Å².